The van der Waals surface area contributed by atoms with E-state index in [1.165, 1.54) is 24.1 Å². The van der Waals surface area contributed by atoms with Gasteiger partial charge in [0.15, 0.2) is 0 Å². The van der Waals surface area contributed by atoms with Crippen LogP contribution < -0.4 is 0 Å². The van der Waals surface area contributed by atoms with E-state index >= 15 is 0 Å². The fourth-order valence-corrected chi connectivity index (χ4v) is 1.69. The van der Waals surface area contributed by atoms with E-state index in [-0.39, 0.29) is 34.9 Å². The van der Waals surface area contributed by atoms with Gasteiger partial charge in [-0.25, -0.2) is 4.98 Å². The van der Waals surface area contributed by atoms with Crippen LogP contribution in [0.4, 0.5) is 0 Å². The lowest BCUT2D eigenvalue weighted by Crippen LogP contribution is -2.36. The summed E-state index contributed by atoms with van der Waals surface area (Å²) >= 11 is 11.6. The number of carbonyl (C=O) groups excluding carboxylic acids is 1. The van der Waals surface area contributed by atoms with Crippen molar-refractivity contribution in [2.45, 2.75) is 0 Å². The molecule has 1 aromatic rings. The van der Waals surface area contributed by atoms with Crippen LogP contribution in [0.3, 0.4) is 0 Å². The molecule has 5 nitrogen and oxygen atoms in total. The summed E-state index contributed by atoms with van der Waals surface area (Å²) in [6.07, 6.45) is 0. The first-order chi connectivity index (χ1) is 8.60. The van der Waals surface area contributed by atoms with E-state index in [1.54, 1.807) is 0 Å². The Labute approximate surface area is 115 Å². The summed E-state index contributed by atoms with van der Waals surface area (Å²) in [6.45, 7) is 0.755. The van der Waals surface area contributed by atoms with Gasteiger partial charge in [0.2, 0.25) is 0 Å². The summed E-state index contributed by atoms with van der Waals surface area (Å²) in [5.74, 6) is -0.381. The Hall–Kier alpha value is -0.880. The first-order valence-corrected chi connectivity index (χ1v) is 6.07. The highest BCUT2D eigenvalue weighted by Gasteiger charge is 2.19. The Balaban J connectivity index is 2.90. The molecule has 0 aromatic carbocycles. The van der Waals surface area contributed by atoms with Crippen molar-refractivity contribution in [3.05, 3.63) is 28.0 Å². The van der Waals surface area contributed by atoms with E-state index in [1.807, 2.05) is 0 Å². The van der Waals surface area contributed by atoms with Crippen LogP contribution in [0.1, 0.15) is 10.5 Å². The molecule has 1 aromatic heterocycles. The van der Waals surface area contributed by atoms with Crippen LogP contribution in [-0.4, -0.2) is 54.3 Å². The highest BCUT2D eigenvalue weighted by atomic mass is 35.5. The molecule has 18 heavy (non-hydrogen) atoms. The minimum absolute atomic E-state index is 0.0775. The molecule has 0 unspecified atom stereocenters. The topological polar surface area (TPSA) is 62.7 Å². The molecule has 1 rings (SSSR count). The number of pyridine rings is 1. The van der Waals surface area contributed by atoms with Gasteiger partial charge in [0.25, 0.3) is 5.91 Å². The third-order valence-corrected chi connectivity index (χ3v) is 2.75. The summed E-state index contributed by atoms with van der Waals surface area (Å²) < 4.78 is 4.90. The van der Waals surface area contributed by atoms with Crippen LogP contribution in [0.25, 0.3) is 0 Å². The SMILES string of the molecule is COCCN(CCO)C(=O)c1nc(Cl)ccc1Cl. The number of nitrogens with zero attached hydrogens (tertiary/aromatic N) is 2. The van der Waals surface area contributed by atoms with Crippen molar-refractivity contribution >= 4 is 29.1 Å². The van der Waals surface area contributed by atoms with Crippen molar-refractivity contribution in [1.82, 2.24) is 9.88 Å². The molecule has 1 heterocycles. The van der Waals surface area contributed by atoms with Crippen LogP contribution in [-0.2, 0) is 4.74 Å². The maximum atomic E-state index is 12.2. The third kappa shape index (κ3) is 4.10. The summed E-state index contributed by atoms with van der Waals surface area (Å²) in [7, 11) is 1.53. The maximum Gasteiger partial charge on any atom is 0.274 e. The van der Waals surface area contributed by atoms with Crippen molar-refractivity contribution < 1.29 is 14.6 Å². The zero-order valence-electron chi connectivity index (χ0n) is 9.90. The minimum atomic E-state index is -0.381. The van der Waals surface area contributed by atoms with Crippen molar-refractivity contribution in [3.63, 3.8) is 0 Å². The van der Waals surface area contributed by atoms with Gasteiger partial charge in [-0.2, -0.15) is 0 Å². The second kappa shape index (κ2) is 7.53. The lowest BCUT2D eigenvalue weighted by Gasteiger charge is -2.21. The van der Waals surface area contributed by atoms with Crippen LogP contribution in [0.15, 0.2) is 12.1 Å². The number of methoxy groups -OCH3 is 1. The molecule has 0 aliphatic rings. The van der Waals surface area contributed by atoms with E-state index < -0.39 is 0 Å². The molecule has 0 aliphatic carbocycles. The largest absolute Gasteiger partial charge is 0.395 e. The minimum Gasteiger partial charge on any atom is -0.395 e. The number of ether oxygens (including phenoxy) is 1. The Morgan fingerprint density at radius 3 is 2.78 bits per heavy atom. The van der Waals surface area contributed by atoms with Crippen LogP contribution >= 0.6 is 23.2 Å². The predicted octanol–water partition coefficient (Wildman–Crippen LogP) is 1.47. The smallest absolute Gasteiger partial charge is 0.274 e. The molecule has 0 radical (unpaired) electrons. The molecule has 0 fully saturated rings. The van der Waals surface area contributed by atoms with Crippen molar-refractivity contribution in [2.24, 2.45) is 0 Å². The summed E-state index contributed by atoms with van der Waals surface area (Å²) in [6, 6.07) is 3.02. The first-order valence-electron chi connectivity index (χ1n) is 5.31. The number of aromatic nitrogens is 1. The van der Waals surface area contributed by atoms with E-state index in [2.05, 4.69) is 4.98 Å². The number of aliphatic hydroxyl groups is 1. The summed E-state index contributed by atoms with van der Waals surface area (Å²) in [5, 5.41) is 9.36. The van der Waals surface area contributed by atoms with Gasteiger partial charge in [-0.05, 0) is 12.1 Å². The molecule has 7 heteroatoms. The van der Waals surface area contributed by atoms with Gasteiger partial charge in [0, 0.05) is 20.2 Å². The fourth-order valence-electron chi connectivity index (χ4n) is 1.36. The van der Waals surface area contributed by atoms with Gasteiger partial charge in [-0.15, -0.1) is 0 Å². The van der Waals surface area contributed by atoms with Crippen molar-refractivity contribution in [2.75, 3.05) is 33.4 Å². The Bertz CT molecular complexity index is 415. The van der Waals surface area contributed by atoms with Crippen LogP contribution in [0, 0.1) is 0 Å². The summed E-state index contributed by atoms with van der Waals surface area (Å²) in [5.41, 5.74) is 0.0775. The van der Waals surface area contributed by atoms with Gasteiger partial charge in [0.1, 0.15) is 10.8 Å². The van der Waals surface area contributed by atoms with Crippen molar-refractivity contribution in [1.29, 1.82) is 0 Å². The molecule has 1 N–H and O–H groups in total. The number of amides is 1. The van der Waals surface area contributed by atoms with Gasteiger partial charge in [0.05, 0.1) is 18.2 Å². The first kappa shape index (κ1) is 15.2. The van der Waals surface area contributed by atoms with E-state index in [0.717, 1.165) is 0 Å². The average Bonchev–Trinajstić information content (AvgIpc) is 2.36. The molecule has 0 spiro atoms. The van der Waals surface area contributed by atoms with Crippen molar-refractivity contribution in [3.8, 4) is 0 Å². The van der Waals surface area contributed by atoms with Gasteiger partial charge in [-0.3, -0.25) is 4.79 Å². The lowest BCUT2D eigenvalue weighted by atomic mass is 10.3. The van der Waals surface area contributed by atoms with E-state index in [9.17, 15) is 4.79 Å². The molecule has 100 valence electrons. The van der Waals surface area contributed by atoms with E-state index in [0.29, 0.717) is 13.2 Å². The number of carbonyl (C=O) groups is 1. The number of hydrogen-bond donors (Lipinski definition) is 1. The molecule has 0 atom stereocenters. The standard InChI is InChI=1S/C11H14Cl2N2O3/c1-18-7-5-15(4-6-16)11(17)10-8(12)2-3-9(13)14-10/h2-3,16H,4-7H2,1H3. The summed E-state index contributed by atoms with van der Waals surface area (Å²) in [4.78, 5) is 17.5. The third-order valence-electron chi connectivity index (χ3n) is 2.24. The van der Waals surface area contributed by atoms with Gasteiger partial charge in [-0.1, -0.05) is 23.2 Å². The molecular formula is C11H14Cl2N2O3. The highest BCUT2D eigenvalue weighted by Crippen LogP contribution is 2.18. The highest BCUT2D eigenvalue weighted by molar-refractivity contribution is 6.34. The normalized spacial score (nSPS) is 10.4. The number of halogens is 2. The molecular weight excluding hydrogens is 279 g/mol. The maximum absolute atomic E-state index is 12.2. The van der Waals surface area contributed by atoms with E-state index in [4.69, 9.17) is 33.0 Å². The van der Waals surface area contributed by atoms with Crippen LogP contribution in [0.5, 0.6) is 0 Å². The molecule has 0 saturated carbocycles. The zero-order chi connectivity index (χ0) is 13.5. The molecule has 1 amide bonds. The fraction of sp³-hybridized carbons (Fsp3) is 0.455. The Morgan fingerprint density at radius 2 is 2.17 bits per heavy atom. The molecule has 0 bridgehead atoms. The second-order valence-electron chi connectivity index (χ2n) is 3.47. The number of rotatable bonds is 6. The van der Waals surface area contributed by atoms with Crippen LogP contribution in [0.2, 0.25) is 10.2 Å². The van der Waals surface area contributed by atoms with Gasteiger partial charge >= 0.3 is 0 Å². The Morgan fingerprint density at radius 1 is 1.44 bits per heavy atom. The van der Waals surface area contributed by atoms with Gasteiger partial charge < -0.3 is 14.7 Å². The predicted molar refractivity (Wildman–Crippen MR) is 69.1 cm³/mol. The molecule has 0 aliphatic heterocycles. The average molecular weight is 293 g/mol. The lowest BCUT2D eigenvalue weighted by molar-refractivity contribution is 0.0651. The quantitative estimate of drug-likeness (QED) is 0.807. The molecule has 0 saturated heterocycles. The Kier molecular flexibility index (Phi) is 6.35. The zero-order valence-corrected chi connectivity index (χ0v) is 11.4. The monoisotopic (exact) mass is 292 g/mol. The number of aliphatic hydroxyl groups excluding tert-OH is 1. The second-order valence-corrected chi connectivity index (χ2v) is 4.27. The number of hydrogen-bond acceptors (Lipinski definition) is 4.